The second-order valence-corrected chi connectivity index (χ2v) is 8.57. The molecule has 7 nitrogen and oxygen atoms in total. The molecule has 0 unspecified atom stereocenters. The second-order valence-electron chi connectivity index (χ2n) is 8.57. The van der Waals surface area contributed by atoms with Crippen LogP contribution in [-0.2, 0) is 4.79 Å². The van der Waals surface area contributed by atoms with Crippen molar-refractivity contribution in [2.24, 2.45) is 0 Å². The van der Waals surface area contributed by atoms with Crippen LogP contribution in [0.1, 0.15) is 62.3 Å². The molecular weight excluding hydrogens is 376 g/mol. The number of amides is 1. The van der Waals surface area contributed by atoms with Crippen LogP contribution in [0.5, 0.6) is 0 Å². The molecule has 1 aliphatic heterocycles. The maximum Gasteiger partial charge on any atom is 0.234 e. The van der Waals surface area contributed by atoms with Gasteiger partial charge >= 0.3 is 0 Å². The Labute approximate surface area is 178 Å². The maximum atomic E-state index is 12.4. The summed E-state index contributed by atoms with van der Waals surface area (Å²) in [6.07, 6.45) is 11.6. The molecule has 2 aromatic heterocycles. The minimum absolute atomic E-state index is 0.184. The fourth-order valence-electron chi connectivity index (χ4n) is 4.58. The van der Waals surface area contributed by atoms with Crippen LogP contribution in [0, 0.1) is 6.92 Å². The Kier molecular flexibility index (Phi) is 6.89. The highest BCUT2D eigenvalue weighted by Crippen LogP contribution is 2.29. The lowest BCUT2D eigenvalue weighted by Crippen LogP contribution is -2.44. The number of nitrogens with zero attached hydrogens (tertiary/aromatic N) is 4. The van der Waals surface area contributed by atoms with Crippen LogP contribution in [0.15, 0.2) is 30.6 Å². The van der Waals surface area contributed by atoms with E-state index >= 15 is 0 Å². The van der Waals surface area contributed by atoms with E-state index in [-0.39, 0.29) is 5.91 Å². The molecule has 7 heteroatoms. The normalized spacial score (nSPS) is 18.8. The Morgan fingerprint density at radius 3 is 2.53 bits per heavy atom. The number of aryl methyl sites for hydroxylation is 1. The van der Waals surface area contributed by atoms with Crippen LogP contribution in [0.25, 0.3) is 0 Å². The molecule has 1 saturated heterocycles. The van der Waals surface area contributed by atoms with E-state index in [1.165, 1.54) is 19.3 Å². The fraction of sp³-hybridized carbons (Fsp3) is 0.565. The summed E-state index contributed by atoms with van der Waals surface area (Å²) in [5.41, 5.74) is 3.07. The fourth-order valence-corrected chi connectivity index (χ4v) is 4.58. The molecule has 2 N–H and O–H groups in total. The SMILES string of the molecule is Cc1cc(Nc2ncccn2)cc(C2CCN(CC(=O)NC3CCCCC3)CC2)n1. The van der Waals surface area contributed by atoms with Gasteiger partial charge in [0.05, 0.1) is 6.54 Å². The summed E-state index contributed by atoms with van der Waals surface area (Å²) in [4.78, 5) is 27.9. The number of aromatic nitrogens is 3. The van der Waals surface area contributed by atoms with Crippen LogP contribution >= 0.6 is 0 Å². The lowest BCUT2D eigenvalue weighted by Gasteiger charge is -2.32. The molecule has 0 bridgehead atoms. The largest absolute Gasteiger partial charge is 0.352 e. The number of rotatable bonds is 6. The number of hydrogen-bond acceptors (Lipinski definition) is 6. The van der Waals surface area contributed by atoms with Crippen molar-refractivity contribution in [3.63, 3.8) is 0 Å². The van der Waals surface area contributed by atoms with Crippen molar-refractivity contribution in [2.45, 2.75) is 63.8 Å². The van der Waals surface area contributed by atoms with Crippen molar-refractivity contribution in [1.82, 2.24) is 25.2 Å². The molecule has 2 aliphatic rings. The Morgan fingerprint density at radius 1 is 1.07 bits per heavy atom. The van der Waals surface area contributed by atoms with Crippen molar-refractivity contribution < 1.29 is 4.79 Å². The lowest BCUT2D eigenvalue weighted by molar-refractivity contribution is -0.123. The van der Waals surface area contributed by atoms with Crippen LogP contribution < -0.4 is 10.6 Å². The lowest BCUT2D eigenvalue weighted by atomic mass is 9.92. The molecular formula is C23H32N6O. The third-order valence-electron chi connectivity index (χ3n) is 6.14. The molecule has 2 aromatic rings. The first-order chi connectivity index (χ1) is 14.7. The van der Waals surface area contributed by atoms with Crippen molar-refractivity contribution in [2.75, 3.05) is 25.0 Å². The van der Waals surface area contributed by atoms with Gasteiger partial charge in [0.25, 0.3) is 0 Å². The zero-order valence-corrected chi connectivity index (χ0v) is 17.8. The quantitative estimate of drug-likeness (QED) is 0.761. The minimum atomic E-state index is 0.184. The van der Waals surface area contributed by atoms with E-state index in [2.05, 4.69) is 31.6 Å². The molecule has 0 spiro atoms. The summed E-state index contributed by atoms with van der Waals surface area (Å²) >= 11 is 0. The van der Waals surface area contributed by atoms with E-state index in [9.17, 15) is 4.79 Å². The average molecular weight is 409 g/mol. The van der Waals surface area contributed by atoms with Crippen LogP contribution in [-0.4, -0.2) is 51.4 Å². The first-order valence-electron chi connectivity index (χ1n) is 11.2. The van der Waals surface area contributed by atoms with Crippen LogP contribution in [0.4, 0.5) is 11.6 Å². The molecule has 30 heavy (non-hydrogen) atoms. The first kappa shape index (κ1) is 20.7. The first-order valence-corrected chi connectivity index (χ1v) is 11.2. The van der Waals surface area contributed by atoms with Gasteiger partial charge in [-0.05, 0) is 63.9 Å². The number of carbonyl (C=O) groups is 1. The van der Waals surface area contributed by atoms with E-state index in [0.717, 1.165) is 55.8 Å². The molecule has 4 rings (SSSR count). The van der Waals surface area contributed by atoms with Gasteiger partial charge in [0, 0.05) is 41.4 Å². The number of carbonyl (C=O) groups excluding carboxylic acids is 1. The minimum Gasteiger partial charge on any atom is -0.352 e. The number of likely N-dealkylation sites (tertiary alicyclic amines) is 1. The Balaban J connectivity index is 1.29. The number of anilines is 2. The van der Waals surface area contributed by atoms with Crippen molar-refractivity contribution in [3.05, 3.63) is 42.0 Å². The monoisotopic (exact) mass is 408 g/mol. The molecule has 0 atom stereocenters. The van der Waals surface area contributed by atoms with Gasteiger partial charge in [-0.1, -0.05) is 19.3 Å². The Hall–Kier alpha value is -2.54. The van der Waals surface area contributed by atoms with E-state index < -0.39 is 0 Å². The molecule has 1 saturated carbocycles. The summed E-state index contributed by atoms with van der Waals surface area (Å²) < 4.78 is 0. The Morgan fingerprint density at radius 2 is 1.80 bits per heavy atom. The molecule has 1 amide bonds. The summed E-state index contributed by atoms with van der Waals surface area (Å²) in [6, 6.07) is 6.32. The van der Waals surface area contributed by atoms with Crippen molar-refractivity contribution in [1.29, 1.82) is 0 Å². The summed E-state index contributed by atoms with van der Waals surface area (Å²) in [7, 11) is 0. The van der Waals surface area contributed by atoms with E-state index in [1.807, 2.05) is 13.0 Å². The van der Waals surface area contributed by atoms with Gasteiger partial charge in [-0.25, -0.2) is 9.97 Å². The van der Waals surface area contributed by atoms with Crippen molar-refractivity contribution >= 4 is 17.5 Å². The predicted octanol–water partition coefficient (Wildman–Crippen LogP) is 3.55. The standard InChI is InChI=1S/C23H32N6O/c1-17-14-20(28-23-24-10-5-11-25-23)15-21(26-17)18-8-12-29(13-9-18)16-22(30)27-19-6-3-2-4-7-19/h5,10-11,14-15,18-19H,2-4,6-9,12-13,16H2,1H3,(H,27,30)(H,24,25,26,28). The maximum absolute atomic E-state index is 12.4. The van der Waals surface area contributed by atoms with Crippen molar-refractivity contribution in [3.8, 4) is 0 Å². The van der Waals surface area contributed by atoms with Gasteiger partial charge in [-0.3, -0.25) is 14.7 Å². The van der Waals surface area contributed by atoms with Gasteiger partial charge in [0.1, 0.15) is 0 Å². The second kappa shape index (κ2) is 9.98. The molecule has 0 aromatic carbocycles. The highest BCUT2D eigenvalue weighted by atomic mass is 16.2. The summed E-state index contributed by atoms with van der Waals surface area (Å²) in [5, 5.41) is 6.51. The highest BCUT2D eigenvalue weighted by molar-refractivity contribution is 5.78. The van der Waals surface area contributed by atoms with Gasteiger partial charge < -0.3 is 10.6 Å². The number of nitrogens with one attached hydrogen (secondary N) is 2. The molecule has 160 valence electrons. The molecule has 0 radical (unpaired) electrons. The van der Waals surface area contributed by atoms with Crippen LogP contribution in [0.2, 0.25) is 0 Å². The smallest absolute Gasteiger partial charge is 0.234 e. The highest BCUT2D eigenvalue weighted by Gasteiger charge is 2.24. The molecule has 2 fully saturated rings. The van der Waals surface area contributed by atoms with Gasteiger partial charge in [0.2, 0.25) is 11.9 Å². The zero-order valence-electron chi connectivity index (χ0n) is 17.8. The van der Waals surface area contributed by atoms with Gasteiger partial charge in [-0.15, -0.1) is 0 Å². The van der Waals surface area contributed by atoms with Gasteiger partial charge in [-0.2, -0.15) is 0 Å². The third kappa shape index (κ3) is 5.75. The zero-order chi connectivity index (χ0) is 20.8. The average Bonchev–Trinajstić information content (AvgIpc) is 2.75. The van der Waals surface area contributed by atoms with Gasteiger partial charge in [0.15, 0.2) is 0 Å². The number of hydrogen-bond donors (Lipinski definition) is 2. The summed E-state index contributed by atoms with van der Waals surface area (Å²) in [5.74, 6) is 1.19. The third-order valence-corrected chi connectivity index (χ3v) is 6.14. The van der Waals surface area contributed by atoms with E-state index in [4.69, 9.17) is 4.98 Å². The number of piperidine rings is 1. The van der Waals surface area contributed by atoms with E-state index in [1.54, 1.807) is 18.5 Å². The molecule has 3 heterocycles. The summed E-state index contributed by atoms with van der Waals surface area (Å²) in [6.45, 7) is 4.40. The molecule has 1 aliphatic carbocycles. The number of pyridine rings is 1. The predicted molar refractivity (Wildman–Crippen MR) is 118 cm³/mol. The van der Waals surface area contributed by atoms with E-state index in [0.29, 0.717) is 24.5 Å². The Bertz CT molecular complexity index is 829. The topological polar surface area (TPSA) is 83.0 Å². The van der Waals surface area contributed by atoms with Crippen LogP contribution in [0.3, 0.4) is 0 Å².